The highest BCUT2D eigenvalue weighted by Crippen LogP contribution is 2.39. The number of aliphatic hydroxyl groups excluding tert-OH is 1. The Kier molecular flexibility index (Phi) is 6.67. The maximum absolute atomic E-state index is 13.7. The van der Waals surface area contributed by atoms with Crippen LogP contribution in [-0.2, 0) is 9.53 Å². The first kappa shape index (κ1) is 24.0. The summed E-state index contributed by atoms with van der Waals surface area (Å²) in [5.41, 5.74) is 6.90. The molecular weight excluding hydrogens is 500 g/mol. The summed E-state index contributed by atoms with van der Waals surface area (Å²) in [4.78, 5) is 25.3. The zero-order chi connectivity index (χ0) is 24.7. The third-order valence-corrected chi connectivity index (χ3v) is 7.10. The van der Waals surface area contributed by atoms with Gasteiger partial charge in [-0.1, -0.05) is 23.2 Å². The summed E-state index contributed by atoms with van der Waals surface area (Å²) in [7, 11) is 0. The van der Waals surface area contributed by atoms with E-state index in [-0.39, 0.29) is 40.6 Å². The Labute approximate surface area is 210 Å². The number of imidazole rings is 1. The first-order chi connectivity index (χ1) is 16.8. The fourth-order valence-electron chi connectivity index (χ4n) is 4.63. The molecule has 5 rings (SSSR count). The number of carbonyl (C=O) groups is 1. The van der Waals surface area contributed by atoms with Gasteiger partial charge in [0.2, 0.25) is 17.8 Å². The van der Waals surface area contributed by atoms with Crippen molar-refractivity contribution in [3.63, 3.8) is 0 Å². The number of halogens is 3. The minimum Gasteiger partial charge on any atom is -0.388 e. The van der Waals surface area contributed by atoms with Gasteiger partial charge in [0.1, 0.15) is 11.3 Å². The Morgan fingerprint density at radius 2 is 1.89 bits per heavy atom. The molecule has 1 unspecified atom stereocenters. The number of aromatic nitrogens is 4. The van der Waals surface area contributed by atoms with Crippen LogP contribution in [0.15, 0.2) is 18.3 Å². The van der Waals surface area contributed by atoms with Crippen molar-refractivity contribution in [2.75, 3.05) is 23.8 Å². The molecule has 2 aliphatic rings. The fraction of sp³-hybridized carbons (Fsp3) is 0.455. The van der Waals surface area contributed by atoms with Crippen LogP contribution in [0.3, 0.4) is 0 Å². The second-order valence-electron chi connectivity index (χ2n) is 8.84. The summed E-state index contributed by atoms with van der Waals surface area (Å²) in [5.74, 6) is -0.289. The second kappa shape index (κ2) is 9.73. The van der Waals surface area contributed by atoms with Crippen molar-refractivity contribution in [3.8, 4) is 0 Å². The molecular formula is C22H24Cl2FN7O3. The van der Waals surface area contributed by atoms with Gasteiger partial charge in [0.15, 0.2) is 5.65 Å². The van der Waals surface area contributed by atoms with Gasteiger partial charge in [-0.2, -0.15) is 4.98 Å². The van der Waals surface area contributed by atoms with Gasteiger partial charge in [-0.05, 0) is 37.8 Å². The van der Waals surface area contributed by atoms with Gasteiger partial charge in [0.05, 0.1) is 47.3 Å². The van der Waals surface area contributed by atoms with E-state index in [0.29, 0.717) is 61.0 Å². The standard InChI is InChI=1S/C22H24Cl2FN7O3/c23-13-5-11(25)6-14(24)18(13)30-22-29-15-7-27-21(28-16-8-35-9-17(16)33)31-20(15)32(22)12-3-1-10(2-4-12)19(26)34/h5-7,10,12,16-17,33H,1-4,8-9H2,(H2,26,34)(H,29,30)(H,27,28,31)/t10-,12+,16?,17-/m1/s1. The summed E-state index contributed by atoms with van der Waals surface area (Å²) in [6.45, 7) is 0.585. The van der Waals surface area contributed by atoms with Gasteiger partial charge in [-0.25, -0.2) is 14.4 Å². The van der Waals surface area contributed by atoms with Gasteiger partial charge in [-0.15, -0.1) is 0 Å². The lowest BCUT2D eigenvalue weighted by Crippen LogP contribution is -2.32. The maximum atomic E-state index is 13.7. The summed E-state index contributed by atoms with van der Waals surface area (Å²) < 4.78 is 20.9. The summed E-state index contributed by atoms with van der Waals surface area (Å²) >= 11 is 12.5. The first-order valence-electron chi connectivity index (χ1n) is 11.3. The Morgan fingerprint density at radius 3 is 2.51 bits per heavy atom. The van der Waals surface area contributed by atoms with E-state index < -0.39 is 11.9 Å². The zero-order valence-corrected chi connectivity index (χ0v) is 20.1. The average molecular weight is 524 g/mol. The molecule has 13 heteroatoms. The number of aliphatic hydroxyl groups is 1. The summed E-state index contributed by atoms with van der Waals surface area (Å²) in [6.07, 6.45) is 3.56. The van der Waals surface area contributed by atoms with Crippen LogP contribution in [0.2, 0.25) is 10.0 Å². The van der Waals surface area contributed by atoms with E-state index in [0.717, 1.165) is 12.1 Å². The number of primary amides is 1. The molecule has 2 fully saturated rings. The van der Waals surface area contributed by atoms with E-state index in [1.54, 1.807) is 6.20 Å². The maximum Gasteiger partial charge on any atom is 0.225 e. The minimum absolute atomic E-state index is 0.0424. The van der Waals surface area contributed by atoms with E-state index in [4.69, 9.17) is 33.7 Å². The molecule has 0 radical (unpaired) electrons. The van der Waals surface area contributed by atoms with Gasteiger partial charge >= 0.3 is 0 Å². The van der Waals surface area contributed by atoms with Crippen LogP contribution < -0.4 is 16.4 Å². The number of ether oxygens (including phenoxy) is 1. The topological polar surface area (TPSA) is 140 Å². The lowest BCUT2D eigenvalue weighted by atomic mass is 9.85. The van der Waals surface area contributed by atoms with Crippen LogP contribution >= 0.6 is 23.2 Å². The molecule has 35 heavy (non-hydrogen) atoms. The number of hydrogen-bond acceptors (Lipinski definition) is 8. The highest BCUT2D eigenvalue weighted by molar-refractivity contribution is 6.39. The molecule has 1 aromatic carbocycles. The number of hydrogen-bond donors (Lipinski definition) is 4. The molecule has 1 aliphatic heterocycles. The van der Waals surface area contributed by atoms with E-state index in [2.05, 4.69) is 25.6 Å². The number of carbonyl (C=O) groups excluding carboxylic acids is 1. The number of nitrogens with two attached hydrogens (primary N) is 1. The number of benzene rings is 1. The van der Waals surface area contributed by atoms with Crippen molar-refractivity contribution >= 4 is 57.9 Å². The molecule has 3 aromatic rings. The largest absolute Gasteiger partial charge is 0.388 e. The molecule has 1 aliphatic carbocycles. The quantitative estimate of drug-likeness (QED) is 0.385. The summed E-state index contributed by atoms with van der Waals surface area (Å²) in [5, 5.41) is 16.5. The lowest BCUT2D eigenvalue weighted by molar-refractivity contribution is -0.122. The minimum atomic E-state index is -0.664. The highest BCUT2D eigenvalue weighted by atomic mass is 35.5. The molecule has 5 N–H and O–H groups in total. The number of anilines is 3. The van der Waals surface area contributed by atoms with Crippen LogP contribution in [0.5, 0.6) is 0 Å². The van der Waals surface area contributed by atoms with Crippen LogP contribution in [0.1, 0.15) is 31.7 Å². The van der Waals surface area contributed by atoms with Crippen molar-refractivity contribution in [3.05, 3.63) is 34.2 Å². The SMILES string of the molecule is NC(=O)[C@H]1CC[C@@H](n2c(Nc3c(Cl)cc(F)cc3Cl)nc3cnc(NC4COC[C@H]4O)nc32)CC1. The Morgan fingerprint density at radius 1 is 1.17 bits per heavy atom. The van der Waals surface area contributed by atoms with Crippen LogP contribution in [0.25, 0.3) is 11.2 Å². The van der Waals surface area contributed by atoms with E-state index in [1.165, 1.54) is 0 Å². The Bertz CT molecular complexity index is 1240. The van der Waals surface area contributed by atoms with E-state index >= 15 is 0 Å². The first-order valence-corrected chi connectivity index (χ1v) is 12.0. The molecule has 1 saturated heterocycles. The molecule has 1 amide bonds. The normalized spacial score (nSPS) is 24.6. The molecule has 2 atom stereocenters. The van der Waals surface area contributed by atoms with E-state index in [9.17, 15) is 14.3 Å². The van der Waals surface area contributed by atoms with Gasteiger partial charge in [0, 0.05) is 12.0 Å². The number of fused-ring (bicyclic) bond motifs is 1. The van der Waals surface area contributed by atoms with Gasteiger partial charge < -0.3 is 26.2 Å². The second-order valence-corrected chi connectivity index (χ2v) is 9.66. The Balaban J connectivity index is 1.54. The monoisotopic (exact) mass is 523 g/mol. The molecule has 186 valence electrons. The third kappa shape index (κ3) is 4.86. The zero-order valence-electron chi connectivity index (χ0n) is 18.5. The van der Waals surface area contributed by atoms with Crippen molar-refractivity contribution < 1.29 is 19.0 Å². The average Bonchev–Trinajstić information content (AvgIpc) is 3.38. The molecule has 3 heterocycles. The van der Waals surface area contributed by atoms with Crippen molar-refractivity contribution in [2.45, 2.75) is 43.9 Å². The number of nitrogens with zero attached hydrogens (tertiary/aromatic N) is 4. The van der Waals surface area contributed by atoms with Crippen LogP contribution in [0.4, 0.5) is 22.0 Å². The smallest absolute Gasteiger partial charge is 0.225 e. The highest BCUT2D eigenvalue weighted by Gasteiger charge is 2.30. The lowest BCUT2D eigenvalue weighted by Gasteiger charge is -2.29. The third-order valence-electron chi connectivity index (χ3n) is 6.51. The van der Waals surface area contributed by atoms with Crippen LogP contribution in [-0.4, -0.2) is 55.9 Å². The van der Waals surface area contributed by atoms with E-state index in [1.807, 2.05) is 4.57 Å². The van der Waals surface area contributed by atoms with Gasteiger partial charge in [0.25, 0.3) is 0 Å². The molecule has 0 bridgehead atoms. The van der Waals surface area contributed by atoms with Crippen molar-refractivity contribution in [1.82, 2.24) is 19.5 Å². The molecule has 0 spiro atoms. The molecule has 2 aromatic heterocycles. The van der Waals surface area contributed by atoms with Crippen molar-refractivity contribution in [2.24, 2.45) is 11.7 Å². The van der Waals surface area contributed by atoms with Crippen LogP contribution in [0, 0.1) is 11.7 Å². The van der Waals surface area contributed by atoms with Gasteiger partial charge in [-0.3, -0.25) is 9.36 Å². The predicted molar refractivity (Wildman–Crippen MR) is 129 cm³/mol. The number of amides is 1. The predicted octanol–water partition coefficient (Wildman–Crippen LogP) is 3.40. The fourth-order valence-corrected chi connectivity index (χ4v) is 5.19. The number of rotatable bonds is 6. The molecule has 1 saturated carbocycles. The molecule has 10 nitrogen and oxygen atoms in total. The number of nitrogens with one attached hydrogen (secondary N) is 2. The Hall–Kier alpha value is -2.73. The van der Waals surface area contributed by atoms with Crippen molar-refractivity contribution in [1.29, 1.82) is 0 Å². The summed E-state index contributed by atoms with van der Waals surface area (Å²) in [6, 6.07) is 1.96.